The van der Waals surface area contributed by atoms with Crippen LogP contribution in [0, 0.1) is 17.5 Å². The normalized spacial score (nSPS) is 10.4. The van der Waals surface area contributed by atoms with Gasteiger partial charge < -0.3 is 5.32 Å². The van der Waals surface area contributed by atoms with Crippen LogP contribution < -0.4 is 5.32 Å². The van der Waals surface area contributed by atoms with E-state index in [4.69, 9.17) is 0 Å². The van der Waals surface area contributed by atoms with E-state index in [-0.39, 0.29) is 17.7 Å². The lowest BCUT2D eigenvalue weighted by Crippen LogP contribution is -2.24. The molecule has 0 radical (unpaired) electrons. The maximum absolute atomic E-state index is 13.5. The van der Waals surface area contributed by atoms with Crippen molar-refractivity contribution >= 4 is 18.5 Å². The number of thiol groups is 1. The van der Waals surface area contributed by atoms with E-state index in [1.165, 1.54) is 12.1 Å². The van der Waals surface area contributed by atoms with Gasteiger partial charge in [0.15, 0.2) is 0 Å². The quantitative estimate of drug-likeness (QED) is 0.836. The molecule has 2 nitrogen and oxygen atoms in total. The fourth-order valence-electron chi connectivity index (χ4n) is 1.64. The molecule has 1 N–H and O–H groups in total. The molecule has 0 atom stereocenters. The van der Waals surface area contributed by atoms with Gasteiger partial charge in [-0.05, 0) is 36.4 Å². The third-order valence-corrected chi connectivity index (χ3v) is 2.92. The van der Waals surface area contributed by atoms with Crippen LogP contribution in [0.1, 0.15) is 15.9 Å². The number of nitrogens with one attached hydrogen (secondary N) is 1. The van der Waals surface area contributed by atoms with E-state index in [0.717, 1.165) is 24.3 Å². The molecule has 0 aromatic heterocycles. The lowest BCUT2D eigenvalue weighted by atomic mass is 10.1. The number of amides is 1. The van der Waals surface area contributed by atoms with Crippen LogP contribution in [0.4, 0.5) is 13.2 Å². The van der Waals surface area contributed by atoms with Crippen LogP contribution in [0.3, 0.4) is 0 Å². The summed E-state index contributed by atoms with van der Waals surface area (Å²) in [7, 11) is 0. The smallest absolute Gasteiger partial charge is 0.254 e. The minimum atomic E-state index is -0.720. The fraction of sp³-hybridized carbons (Fsp3) is 0.0714. The largest absolute Gasteiger partial charge is 0.348 e. The first-order valence-electron chi connectivity index (χ1n) is 5.68. The second-order valence-corrected chi connectivity index (χ2v) is 4.60. The molecule has 1 amide bonds. The van der Waals surface area contributed by atoms with E-state index in [2.05, 4.69) is 17.9 Å². The van der Waals surface area contributed by atoms with Gasteiger partial charge in [0.1, 0.15) is 17.5 Å². The number of benzene rings is 2. The van der Waals surface area contributed by atoms with Gasteiger partial charge in [-0.3, -0.25) is 4.79 Å². The summed E-state index contributed by atoms with van der Waals surface area (Å²) < 4.78 is 39.8. The Morgan fingerprint density at radius 1 is 1.05 bits per heavy atom. The van der Waals surface area contributed by atoms with Gasteiger partial charge in [-0.25, -0.2) is 13.2 Å². The summed E-state index contributed by atoms with van der Waals surface area (Å²) in [5, 5.41) is 2.33. The molecular formula is C14H10F3NOS. The summed E-state index contributed by atoms with van der Waals surface area (Å²) in [6.07, 6.45) is 0. The maximum atomic E-state index is 13.5. The van der Waals surface area contributed by atoms with Crippen LogP contribution in [0.5, 0.6) is 0 Å². The number of rotatable bonds is 3. The first-order chi connectivity index (χ1) is 9.47. The molecule has 0 bridgehead atoms. The number of carbonyl (C=O) groups is 1. The van der Waals surface area contributed by atoms with Crippen molar-refractivity contribution in [2.75, 3.05) is 0 Å². The Hall–Kier alpha value is -1.95. The van der Waals surface area contributed by atoms with Crippen LogP contribution in [-0.4, -0.2) is 5.91 Å². The minimum absolute atomic E-state index is 0.0132. The van der Waals surface area contributed by atoms with E-state index in [0.29, 0.717) is 4.90 Å². The topological polar surface area (TPSA) is 29.1 Å². The predicted molar refractivity (Wildman–Crippen MR) is 71.2 cm³/mol. The zero-order valence-corrected chi connectivity index (χ0v) is 11.1. The Labute approximate surface area is 119 Å². The summed E-state index contributed by atoms with van der Waals surface area (Å²) in [6, 6.07) is 6.69. The van der Waals surface area contributed by atoms with Crippen molar-refractivity contribution in [2.45, 2.75) is 11.4 Å². The first-order valence-corrected chi connectivity index (χ1v) is 6.13. The summed E-state index contributed by atoms with van der Waals surface area (Å²) in [4.78, 5) is 12.2. The molecule has 104 valence electrons. The highest BCUT2D eigenvalue weighted by atomic mass is 32.1. The van der Waals surface area contributed by atoms with Gasteiger partial charge in [0.05, 0.1) is 5.56 Å². The van der Waals surface area contributed by atoms with Gasteiger partial charge in [-0.1, -0.05) is 0 Å². The Kier molecular flexibility index (Phi) is 4.34. The molecule has 2 aromatic carbocycles. The monoisotopic (exact) mass is 297 g/mol. The average molecular weight is 297 g/mol. The molecular weight excluding hydrogens is 287 g/mol. The number of hydrogen-bond donors (Lipinski definition) is 2. The van der Waals surface area contributed by atoms with Crippen molar-refractivity contribution in [3.63, 3.8) is 0 Å². The Morgan fingerprint density at radius 3 is 2.50 bits per heavy atom. The van der Waals surface area contributed by atoms with E-state index < -0.39 is 23.4 Å². The van der Waals surface area contributed by atoms with Crippen molar-refractivity contribution < 1.29 is 18.0 Å². The molecule has 0 aliphatic carbocycles. The molecule has 2 aromatic rings. The molecule has 0 fully saturated rings. The number of halogens is 3. The lowest BCUT2D eigenvalue weighted by molar-refractivity contribution is 0.0946. The molecule has 0 saturated heterocycles. The highest BCUT2D eigenvalue weighted by Crippen LogP contribution is 2.14. The van der Waals surface area contributed by atoms with Gasteiger partial charge in [0.25, 0.3) is 5.91 Å². The van der Waals surface area contributed by atoms with Crippen LogP contribution in [-0.2, 0) is 6.54 Å². The highest BCUT2D eigenvalue weighted by Gasteiger charge is 2.13. The summed E-state index contributed by atoms with van der Waals surface area (Å²) >= 11 is 4.01. The molecule has 0 heterocycles. The van der Waals surface area contributed by atoms with E-state index in [1.807, 2.05) is 0 Å². The molecule has 20 heavy (non-hydrogen) atoms. The molecule has 0 spiro atoms. The van der Waals surface area contributed by atoms with Gasteiger partial charge >= 0.3 is 0 Å². The predicted octanol–water partition coefficient (Wildman–Crippen LogP) is 3.32. The first kappa shape index (κ1) is 14.5. The van der Waals surface area contributed by atoms with E-state index >= 15 is 0 Å². The molecule has 6 heteroatoms. The molecule has 0 saturated carbocycles. The van der Waals surface area contributed by atoms with Crippen molar-refractivity contribution in [1.82, 2.24) is 5.32 Å². The van der Waals surface area contributed by atoms with Crippen LogP contribution in [0.2, 0.25) is 0 Å². The number of hydrogen-bond acceptors (Lipinski definition) is 2. The van der Waals surface area contributed by atoms with E-state index in [1.54, 1.807) is 0 Å². The average Bonchev–Trinajstić information content (AvgIpc) is 2.42. The van der Waals surface area contributed by atoms with Crippen molar-refractivity contribution in [3.05, 3.63) is 65.0 Å². The lowest BCUT2D eigenvalue weighted by Gasteiger charge is -2.08. The second kappa shape index (κ2) is 6.00. The SMILES string of the molecule is O=C(NCc1cc(F)ccc1F)c1cc(S)ccc1F. The van der Waals surface area contributed by atoms with Crippen molar-refractivity contribution in [2.24, 2.45) is 0 Å². The molecule has 2 rings (SSSR count). The molecule has 0 aliphatic rings. The zero-order chi connectivity index (χ0) is 14.7. The summed E-state index contributed by atoms with van der Waals surface area (Å²) in [5.74, 6) is -2.68. The Bertz CT molecular complexity index is 661. The maximum Gasteiger partial charge on any atom is 0.254 e. The fourth-order valence-corrected chi connectivity index (χ4v) is 1.84. The van der Waals surface area contributed by atoms with Gasteiger partial charge in [0.2, 0.25) is 0 Å². The van der Waals surface area contributed by atoms with Crippen LogP contribution in [0.25, 0.3) is 0 Å². The molecule has 0 aliphatic heterocycles. The van der Waals surface area contributed by atoms with E-state index in [9.17, 15) is 18.0 Å². The third kappa shape index (κ3) is 3.33. The zero-order valence-electron chi connectivity index (χ0n) is 10.2. The minimum Gasteiger partial charge on any atom is -0.348 e. The van der Waals surface area contributed by atoms with Crippen molar-refractivity contribution in [3.8, 4) is 0 Å². The second-order valence-electron chi connectivity index (χ2n) is 4.08. The highest BCUT2D eigenvalue weighted by molar-refractivity contribution is 7.80. The standard InChI is InChI=1S/C14H10F3NOS/c15-9-1-3-12(16)8(5-9)7-18-14(19)11-6-10(20)2-4-13(11)17/h1-6,20H,7H2,(H,18,19). The molecule has 0 unspecified atom stereocenters. The summed E-state index contributed by atoms with van der Waals surface area (Å²) in [6.45, 7) is -0.237. The van der Waals surface area contributed by atoms with Gasteiger partial charge in [-0.15, -0.1) is 12.6 Å². The van der Waals surface area contributed by atoms with Crippen LogP contribution in [0.15, 0.2) is 41.3 Å². The Balaban J connectivity index is 2.12. The van der Waals surface area contributed by atoms with Gasteiger partial charge in [0, 0.05) is 17.0 Å². The van der Waals surface area contributed by atoms with Crippen molar-refractivity contribution in [1.29, 1.82) is 0 Å². The van der Waals surface area contributed by atoms with Crippen LogP contribution >= 0.6 is 12.6 Å². The third-order valence-electron chi connectivity index (χ3n) is 2.64. The summed E-state index contributed by atoms with van der Waals surface area (Å²) in [5.41, 5.74) is -0.213. The Morgan fingerprint density at radius 2 is 1.75 bits per heavy atom. The van der Waals surface area contributed by atoms with Gasteiger partial charge in [-0.2, -0.15) is 0 Å². The number of carbonyl (C=O) groups excluding carboxylic acids is 1.